The summed E-state index contributed by atoms with van der Waals surface area (Å²) in [6.07, 6.45) is -4.50. The van der Waals surface area contributed by atoms with E-state index in [-0.39, 0.29) is 24.3 Å². The zero-order valence-electron chi connectivity index (χ0n) is 11.2. The lowest BCUT2D eigenvalue weighted by atomic mass is 10.1. The zero-order chi connectivity index (χ0) is 15.3. The summed E-state index contributed by atoms with van der Waals surface area (Å²) in [6.45, 7) is 3.65. The summed E-state index contributed by atoms with van der Waals surface area (Å²) in [4.78, 5) is 10.8. The van der Waals surface area contributed by atoms with Crippen molar-refractivity contribution in [2.75, 3.05) is 0 Å². The quantitative estimate of drug-likeness (QED) is 0.846. The van der Waals surface area contributed by atoms with Crippen LogP contribution in [0.3, 0.4) is 0 Å². The Morgan fingerprint density at radius 2 is 1.85 bits per heavy atom. The number of halogens is 3. The highest BCUT2D eigenvalue weighted by Gasteiger charge is 2.31. The lowest BCUT2D eigenvalue weighted by molar-refractivity contribution is -0.274. The first-order chi connectivity index (χ1) is 9.17. The molecule has 0 heterocycles. The molecule has 0 aliphatic carbocycles. The maximum absolute atomic E-state index is 12.0. The van der Waals surface area contributed by atoms with Crippen LogP contribution in [0.5, 0.6) is 5.75 Å². The number of alkyl halides is 3. The molecule has 0 saturated carbocycles. The first kappa shape index (κ1) is 16.3. The first-order valence-electron chi connectivity index (χ1n) is 6.07. The monoisotopic (exact) mass is 290 g/mol. The van der Waals surface area contributed by atoms with Gasteiger partial charge < -0.3 is 15.8 Å². The van der Waals surface area contributed by atoms with Gasteiger partial charge >= 0.3 is 6.36 Å². The van der Waals surface area contributed by atoms with Gasteiger partial charge in [-0.2, -0.15) is 0 Å². The minimum Gasteiger partial charge on any atom is -0.406 e. The topological polar surface area (TPSA) is 64.4 Å². The van der Waals surface area contributed by atoms with Crippen LogP contribution in [0.1, 0.15) is 31.9 Å². The molecular weight excluding hydrogens is 273 g/mol. The molecule has 0 spiro atoms. The summed E-state index contributed by atoms with van der Waals surface area (Å²) >= 11 is 0. The molecule has 20 heavy (non-hydrogen) atoms. The molecule has 4 nitrogen and oxygen atoms in total. The highest BCUT2D eigenvalue weighted by molar-refractivity contribution is 5.74. The Morgan fingerprint density at radius 3 is 2.30 bits per heavy atom. The Balaban J connectivity index is 2.61. The summed E-state index contributed by atoms with van der Waals surface area (Å²) in [5.41, 5.74) is 5.87. The van der Waals surface area contributed by atoms with Crippen molar-refractivity contribution in [3.8, 4) is 5.75 Å². The van der Waals surface area contributed by atoms with E-state index in [2.05, 4.69) is 10.1 Å². The van der Waals surface area contributed by atoms with Crippen LogP contribution in [0.2, 0.25) is 0 Å². The van der Waals surface area contributed by atoms with Gasteiger partial charge in [-0.1, -0.05) is 12.1 Å². The van der Waals surface area contributed by atoms with Crippen LogP contribution in [-0.4, -0.2) is 18.3 Å². The van der Waals surface area contributed by atoms with Gasteiger partial charge in [-0.25, -0.2) is 0 Å². The highest BCUT2D eigenvalue weighted by atomic mass is 19.4. The molecule has 112 valence electrons. The van der Waals surface area contributed by atoms with Crippen LogP contribution >= 0.6 is 0 Å². The second-order valence-corrected chi connectivity index (χ2v) is 4.58. The van der Waals surface area contributed by atoms with Crippen LogP contribution in [0.15, 0.2) is 24.3 Å². The second-order valence-electron chi connectivity index (χ2n) is 4.58. The summed E-state index contributed by atoms with van der Waals surface area (Å²) in [5.74, 6) is -0.676. The Kier molecular flexibility index (Phi) is 5.38. The van der Waals surface area contributed by atoms with Crippen LogP contribution in [0.4, 0.5) is 13.2 Å². The summed E-state index contributed by atoms with van der Waals surface area (Å²) in [5, 5.41) is 3.13. The van der Waals surface area contributed by atoms with E-state index in [0.717, 1.165) is 5.56 Å². The van der Waals surface area contributed by atoms with Crippen molar-refractivity contribution in [3.05, 3.63) is 29.8 Å². The zero-order valence-corrected chi connectivity index (χ0v) is 11.2. The molecule has 0 saturated heterocycles. The number of ether oxygens (including phenoxy) is 1. The van der Waals surface area contributed by atoms with E-state index in [4.69, 9.17) is 5.73 Å². The van der Waals surface area contributed by atoms with Gasteiger partial charge in [0.15, 0.2) is 0 Å². The maximum Gasteiger partial charge on any atom is 0.573 e. The number of primary amides is 1. The van der Waals surface area contributed by atoms with Gasteiger partial charge in [-0.3, -0.25) is 4.79 Å². The fraction of sp³-hybridized carbons (Fsp3) is 0.462. The second kappa shape index (κ2) is 6.60. The number of hydrogen-bond acceptors (Lipinski definition) is 3. The Bertz CT molecular complexity index is 446. The largest absolute Gasteiger partial charge is 0.573 e. The predicted octanol–water partition coefficient (Wildman–Crippen LogP) is 2.50. The molecule has 7 heteroatoms. The minimum absolute atomic E-state index is 0.117. The van der Waals surface area contributed by atoms with Gasteiger partial charge in [0.05, 0.1) is 0 Å². The molecule has 0 aromatic heterocycles. The molecule has 0 radical (unpaired) electrons. The van der Waals surface area contributed by atoms with Crippen molar-refractivity contribution in [3.63, 3.8) is 0 Å². The summed E-state index contributed by atoms with van der Waals surface area (Å²) in [6, 6.07) is 5.34. The lowest BCUT2D eigenvalue weighted by Crippen LogP contribution is -2.32. The van der Waals surface area contributed by atoms with E-state index in [9.17, 15) is 18.0 Å². The molecule has 1 aromatic carbocycles. The number of rotatable bonds is 6. The predicted molar refractivity (Wildman–Crippen MR) is 67.9 cm³/mol. The molecule has 2 atom stereocenters. The van der Waals surface area contributed by atoms with Crippen LogP contribution in [0, 0.1) is 0 Å². The fourth-order valence-electron chi connectivity index (χ4n) is 1.84. The number of hydrogen-bond donors (Lipinski definition) is 2. The molecule has 1 amide bonds. The van der Waals surface area contributed by atoms with Crippen molar-refractivity contribution in [2.45, 2.75) is 38.7 Å². The van der Waals surface area contributed by atoms with Crippen molar-refractivity contribution >= 4 is 5.91 Å². The van der Waals surface area contributed by atoms with E-state index < -0.39 is 12.3 Å². The minimum atomic E-state index is -4.69. The SMILES string of the molecule is CC(CC(N)=O)NC(C)c1ccc(OC(F)(F)F)cc1. The smallest absolute Gasteiger partial charge is 0.406 e. The Hall–Kier alpha value is -1.76. The average molecular weight is 290 g/mol. The number of nitrogens with two attached hydrogens (primary N) is 1. The van der Waals surface area contributed by atoms with E-state index in [1.165, 1.54) is 24.3 Å². The third-order valence-electron chi connectivity index (χ3n) is 2.66. The van der Waals surface area contributed by atoms with Crippen LogP contribution in [-0.2, 0) is 4.79 Å². The number of carbonyl (C=O) groups is 1. The summed E-state index contributed by atoms with van der Waals surface area (Å²) < 4.78 is 39.8. The van der Waals surface area contributed by atoms with Gasteiger partial charge in [-0.05, 0) is 31.5 Å². The molecule has 2 unspecified atom stereocenters. The molecule has 0 aliphatic heterocycles. The summed E-state index contributed by atoms with van der Waals surface area (Å²) in [7, 11) is 0. The Morgan fingerprint density at radius 1 is 1.30 bits per heavy atom. The van der Waals surface area contributed by atoms with Crippen molar-refractivity contribution in [1.29, 1.82) is 0 Å². The van der Waals surface area contributed by atoms with Gasteiger partial charge in [0.2, 0.25) is 5.91 Å². The Labute approximate surface area is 115 Å². The van der Waals surface area contributed by atoms with Gasteiger partial charge in [0.25, 0.3) is 0 Å². The van der Waals surface area contributed by atoms with Gasteiger partial charge in [0, 0.05) is 18.5 Å². The average Bonchev–Trinajstić information content (AvgIpc) is 2.26. The van der Waals surface area contributed by atoms with Gasteiger partial charge in [0.1, 0.15) is 5.75 Å². The van der Waals surface area contributed by atoms with Crippen molar-refractivity contribution in [1.82, 2.24) is 5.32 Å². The maximum atomic E-state index is 12.0. The third kappa shape index (κ3) is 5.92. The number of carbonyl (C=O) groups excluding carboxylic acids is 1. The van der Waals surface area contributed by atoms with Crippen LogP contribution < -0.4 is 15.8 Å². The first-order valence-corrected chi connectivity index (χ1v) is 6.07. The fourth-order valence-corrected chi connectivity index (χ4v) is 1.84. The number of nitrogens with one attached hydrogen (secondary N) is 1. The molecule has 0 aliphatic rings. The molecule has 1 rings (SSSR count). The van der Waals surface area contributed by atoms with Crippen molar-refractivity contribution < 1.29 is 22.7 Å². The van der Waals surface area contributed by atoms with E-state index in [0.29, 0.717) is 0 Å². The van der Waals surface area contributed by atoms with Crippen LogP contribution in [0.25, 0.3) is 0 Å². The molecule has 0 fully saturated rings. The molecule has 3 N–H and O–H groups in total. The van der Waals surface area contributed by atoms with E-state index in [1.54, 1.807) is 0 Å². The highest BCUT2D eigenvalue weighted by Crippen LogP contribution is 2.24. The number of benzene rings is 1. The lowest BCUT2D eigenvalue weighted by Gasteiger charge is -2.19. The number of amides is 1. The van der Waals surface area contributed by atoms with Crippen molar-refractivity contribution in [2.24, 2.45) is 5.73 Å². The molecular formula is C13H17F3N2O2. The standard InChI is InChI=1S/C13H17F3N2O2/c1-8(7-12(17)19)18-9(2)10-3-5-11(6-4-10)20-13(14,15)16/h3-6,8-9,18H,7H2,1-2H3,(H2,17,19). The third-order valence-corrected chi connectivity index (χ3v) is 2.66. The van der Waals surface area contributed by atoms with E-state index >= 15 is 0 Å². The molecule has 0 bridgehead atoms. The van der Waals surface area contributed by atoms with E-state index in [1.807, 2.05) is 13.8 Å². The molecule has 1 aromatic rings. The van der Waals surface area contributed by atoms with Gasteiger partial charge in [-0.15, -0.1) is 13.2 Å². The normalized spacial score (nSPS) is 14.7.